The van der Waals surface area contributed by atoms with Gasteiger partial charge in [-0.1, -0.05) is 31.9 Å². The van der Waals surface area contributed by atoms with Gasteiger partial charge in [0, 0.05) is 5.39 Å². The molecule has 106 valence electrons. The van der Waals surface area contributed by atoms with Crippen molar-refractivity contribution in [1.29, 1.82) is 0 Å². The van der Waals surface area contributed by atoms with Gasteiger partial charge in [-0.3, -0.25) is 0 Å². The normalized spacial score (nSPS) is 12.3. The minimum atomic E-state index is -0.848. The van der Waals surface area contributed by atoms with Crippen molar-refractivity contribution in [2.24, 2.45) is 0 Å². The van der Waals surface area contributed by atoms with Gasteiger partial charge in [0.25, 0.3) is 0 Å². The fourth-order valence-corrected chi connectivity index (χ4v) is 2.22. The Balaban J connectivity index is 2.34. The van der Waals surface area contributed by atoms with Gasteiger partial charge in [0.05, 0.1) is 5.52 Å². The first-order chi connectivity index (χ1) is 9.63. The number of aliphatic carboxylic acids is 1. The Labute approximate surface area is 118 Å². The second-order valence-corrected chi connectivity index (χ2v) is 4.87. The van der Waals surface area contributed by atoms with Crippen molar-refractivity contribution in [2.45, 2.75) is 39.2 Å². The predicted molar refractivity (Wildman–Crippen MR) is 78.8 cm³/mol. The van der Waals surface area contributed by atoms with E-state index in [4.69, 9.17) is 0 Å². The molecule has 0 aliphatic rings. The van der Waals surface area contributed by atoms with Gasteiger partial charge in [-0.25, -0.2) is 14.8 Å². The van der Waals surface area contributed by atoms with E-state index < -0.39 is 12.0 Å². The van der Waals surface area contributed by atoms with Crippen LogP contribution < -0.4 is 5.32 Å². The molecule has 20 heavy (non-hydrogen) atoms. The number of anilines is 1. The summed E-state index contributed by atoms with van der Waals surface area (Å²) in [5, 5.41) is 13.2. The van der Waals surface area contributed by atoms with Crippen LogP contribution in [0.25, 0.3) is 10.9 Å². The van der Waals surface area contributed by atoms with Crippen molar-refractivity contribution in [2.75, 3.05) is 5.32 Å². The van der Waals surface area contributed by atoms with Crippen LogP contribution in [-0.2, 0) is 4.79 Å². The molecule has 0 amide bonds. The number of nitrogens with one attached hydrogen (secondary N) is 1. The molecule has 2 N–H and O–H groups in total. The largest absolute Gasteiger partial charge is 0.480 e. The minimum Gasteiger partial charge on any atom is -0.480 e. The molecule has 2 rings (SSSR count). The molecule has 0 aliphatic carbocycles. The van der Waals surface area contributed by atoms with Crippen molar-refractivity contribution >= 4 is 22.7 Å². The molecular weight excluding hydrogens is 254 g/mol. The molecular formula is C15H19N3O2. The van der Waals surface area contributed by atoms with Crippen molar-refractivity contribution in [3.05, 3.63) is 30.1 Å². The fraction of sp³-hybridized carbons (Fsp3) is 0.400. The molecule has 0 aliphatic heterocycles. The van der Waals surface area contributed by atoms with E-state index in [1.807, 2.05) is 32.0 Å². The first kappa shape index (κ1) is 14.2. The molecule has 1 aromatic heterocycles. The maximum absolute atomic E-state index is 11.3. The average Bonchev–Trinajstić information content (AvgIpc) is 2.43. The number of nitrogens with zero attached hydrogens (tertiary/aromatic N) is 2. The molecule has 1 unspecified atom stereocenters. The number of aryl methyl sites for hydroxylation is 1. The topological polar surface area (TPSA) is 75.1 Å². The van der Waals surface area contributed by atoms with Gasteiger partial charge in [-0.2, -0.15) is 0 Å². The number of rotatable bonds is 6. The van der Waals surface area contributed by atoms with E-state index in [1.54, 1.807) is 0 Å². The third-order valence-corrected chi connectivity index (χ3v) is 3.33. The zero-order chi connectivity index (χ0) is 14.5. The third kappa shape index (κ3) is 3.04. The highest BCUT2D eigenvalue weighted by atomic mass is 16.4. The SMILES string of the molecule is CCCCC(Nc1ncnc2cccc(C)c12)C(=O)O. The zero-order valence-electron chi connectivity index (χ0n) is 11.8. The molecule has 2 aromatic rings. The summed E-state index contributed by atoms with van der Waals surface area (Å²) in [7, 11) is 0. The average molecular weight is 273 g/mol. The number of carbonyl (C=O) groups is 1. The number of fused-ring (bicyclic) bond motifs is 1. The second-order valence-electron chi connectivity index (χ2n) is 4.87. The first-order valence-electron chi connectivity index (χ1n) is 6.83. The van der Waals surface area contributed by atoms with E-state index in [0.717, 1.165) is 29.3 Å². The van der Waals surface area contributed by atoms with Crippen LogP contribution in [0.4, 0.5) is 5.82 Å². The van der Waals surface area contributed by atoms with Crippen molar-refractivity contribution in [3.63, 3.8) is 0 Å². The van der Waals surface area contributed by atoms with Gasteiger partial charge in [0.15, 0.2) is 0 Å². The van der Waals surface area contributed by atoms with E-state index in [1.165, 1.54) is 6.33 Å². The van der Waals surface area contributed by atoms with Gasteiger partial charge in [0.1, 0.15) is 18.2 Å². The number of benzene rings is 1. The highest BCUT2D eigenvalue weighted by molar-refractivity contribution is 5.93. The Bertz CT molecular complexity index is 608. The lowest BCUT2D eigenvalue weighted by molar-refractivity contribution is -0.138. The van der Waals surface area contributed by atoms with Crippen LogP contribution in [-0.4, -0.2) is 27.1 Å². The summed E-state index contributed by atoms with van der Waals surface area (Å²) in [5.74, 6) is -0.254. The molecule has 0 saturated heterocycles. The van der Waals surface area contributed by atoms with Gasteiger partial charge < -0.3 is 10.4 Å². The Kier molecular flexibility index (Phi) is 4.50. The number of aromatic nitrogens is 2. The highest BCUT2D eigenvalue weighted by Gasteiger charge is 2.18. The maximum atomic E-state index is 11.3. The minimum absolute atomic E-state index is 0.587. The van der Waals surface area contributed by atoms with Crippen LogP contribution in [0.3, 0.4) is 0 Å². The lowest BCUT2D eigenvalue weighted by Gasteiger charge is -2.16. The van der Waals surface area contributed by atoms with Gasteiger partial charge >= 0.3 is 5.97 Å². The number of unbranched alkanes of at least 4 members (excludes halogenated alkanes) is 1. The fourth-order valence-electron chi connectivity index (χ4n) is 2.22. The van der Waals surface area contributed by atoms with Crippen LogP contribution in [0.5, 0.6) is 0 Å². The Morgan fingerprint density at radius 3 is 2.90 bits per heavy atom. The molecule has 1 atom stereocenters. The summed E-state index contributed by atoms with van der Waals surface area (Å²) in [6.45, 7) is 4.02. The number of hydrogen-bond acceptors (Lipinski definition) is 4. The van der Waals surface area contributed by atoms with E-state index in [0.29, 0.717) is 12.2 Å². The molecule has 5 heteroatoms. The molecule has 0 fully saturated rings. The van der Waals surface area contributed by atoms with Gasteiger partial charge in [-0.05, 0) is 25.0 Å². The molecule has 0 saturated carbocycles. The molecule has 0 bridgehead atoms. The predicted octanol–water partition coefficient (Wildman–Crippen LogP) is 2.99. The van der Waals surface area contributed by atoms with E-state index in [9.17, 15) is 9.90 Å². The molecule has 0 radical (unpaired) electrons. The van der Waals surface area contributed by atoms with Crippen LogP contribution >= 0.6 is 0 Å². The van der Waals surface area contributed by atoms with Gasteiger partial charge in [-0.15, -0.1) is 0 Å². The Morgan fingerprint density at radius 2 is 2.20 bits per heavy atom. The highest BCUT2D eigenvalue weighted by Crippen LogP contribution is 2.24. The van der Waals surface area contributed by atoms with Gasteiger partial charge in [0.2, 0.25) is 0 Å². The van der Waals surface area contributed by atoms with Crippen LogP contribution in [0.15, 0.2) is 24.5 Å². The Hall–Kier alpha value is -2.17. The van der Waals surface area contributed by atoms with Crippen molar-refractivity contribution in [3.8, 4) is 0 Å². The summed E-state index contributed by atoms with van der Waals surface area (Å²) in [6, 6.07) is 5.18. The van der Waals surface area contributed by atoms with Crippen molar-refractivity contribution in [1.82, 2.24) is 9.97 Å². The molecule has 1 heterocycles. The number of carboxylic acids is 1. The summed E-state index contributed by atoms with van der Waals surface area (Å²) < 4.78 is 0. The Morgan fingerprint density at radius 1 is 1.40 bits per heavy atom. The summed E-state index contributed by atoms with van der Waals surface area (Å²) in [4.78, 5) is 19.8. The summed E-state index contributed by atoms with van der Waals surface area (Å²) in [6.07, 6.45) is 3.88. The summed E-state index contributed by atoms with van der Waals surface area (Å²) in [5.41, 5.74) is 1.85. The third-order valence-electron chi connectivity index (χ3n) is 3.33. The molecule has 1 aromatic carbocycles. The monoisotopic (exact) mass is 273 g/mol. The standard InChI is InChI=1S/C15H19N3O2/c1-3-4-7-12(15(19)20)18-14-13-10(2)6-5-8-11(13)16-9-17-14/h5-6,8-9,12H,3-4,7H2,1-2H3,(H,19,20)(H,16,17,18). The smallest absolute Gasteiger partial charge is 0.326 e. The maximum Gasteiger partial charge on any atom is 0.326 e. The van der Waals surface area contributed by atoms with E-state index in [2.05, 4.69) is 15.3 Å². The first-order valence-corrected chi connectivity index (χ1v) is 6.83. The van der Waals surface area contributed by atoms with Crippen LogP contribution in [0.1, 0.15) is 31.7 Å². The second kappa shape index (κ2) is 6.32. The number of hydrogen-bond donors (Lipinski definition) is 2. The lowest BCUT2D eigenvalue weighted by Crippen LogP contribution is -2.29. The zero-order valence-corrected chi connectivity index (χ0v) is 11.8. The van der Waals surface area contributed by atoms with Crippen molar-refractivity contribution < 1.29 is 9.90 Å². The molecule has 0 spiro atoms. The van der Waals surface area contributed by atoms with Crippen LogP contribution in [0, 0.1) is 6.92 Å². The van der Waals surface area contributed by atoms with E-state index >= 15 is 0 Å². The quantitative estimate of drug-likeness (QED) is 0.846. The lowest BCUT2D eigenvalue weighted by atomic mass is 10.1. The summed E-state index contributed by atoms with van der Waals surface area (Å²) >= 11 is 0. The van der Waals surface area contributed by atoms with Crippen LogP contribution in [0.2, 0.25) is 0 Å². The number of carboxylic acid groups (broad SMARTS) is 1. The van der Waals surface area contributed by atoms with E-state index in [-0.39, 0.29) is 0 Å². The molecule has 5 nitrogen and oxygen atoms in total.